The average molecular weight is 563 g/mol. The minimum atomic E-state index is -0.681. The molecule has 40 heavy (non-hydrogen) atoms. The number of nitrogens with zero attached hydrogens (tertiary/aromatic N) is 1. The van der Waals surface area contributed by atoms with E-state index < -0.39 is 17.7 Å². The van der Waals surface area contributed by atoms with Crippen molar-refractivity contribution in [1.29, 1.82) is 0 Å². The van der Waals surface area contributed by atoms with Gasteiger partial charge in [0.15, 0.2) is 0 Å². The number of hydrogen-bond donors (Lipinski definition) is 2. The van der Waals surface area contributed by atoms with Crippen LogP contribution in [0.1, 0.15) is 71.4 Å². The standard InChI is InChI=1S/C24H38N2O5.C7H6F2/c1-4-8-26(9-5-2)24(29)21-13-18(3)12-20(14-21)23(28)25-15-22(27)7-11-31-17-19-6-10-30-16-19;1-5-2-6(8)4-7(9)3-5/h12-14,19,22,27H,4-11,15-17H2,1-3H3,(H,25,28);2-4H,1H3. The van der Waals surface area contributed by atoms with Gasteiger partial charge in [-0.2, -0.15) is 0 Å². The molecule has 2 N–H and O–H groups in total. The van der Waals surface area contributed by atoms with Gasteiger partial charge < -0.3 is 24.8 Å². The summed E-state index contributed by atoms with van der Waals surface area (Å²) < 4.78 is 35.3. The van der Waals surface area contributed by atoms with Crippen LogP contribution in [-0.2, 0) is 9.47 Å². The third kappa shape index (κ3) is 12.1. The van der Waals surface area contributed by atoms with Gasteiger partial charge in [0.1, 0.15) is 11.6 Å². The molecule has 1 heterocycles. The molecule has 0 saturated carbocycles. The van der Waals surface area contributed by atoms with Crippen LogP contribution in [0, 0.1) is 31.4 Å². The molecule has 0 spiro atoms. The maximum absolute atomic E-state index is 12.9. The fourth-order valence-corrected chi connectivity index (χ4v) is 4.37. The number of nitrogens with one attached hydrogen (secondary N) is 1. The van der Waals surface area contributed by atoms with Crippen LogP contribution in [0.5, 0.6) is 0 Å². The molecule has 2 atom stereocenters. The second-order valence-corrected chi connectivity index (χ2v) is 10.3. The third-order valence-electron chi connectivity index (χ3n) is 6.34. The Balaban J connectivity index is 0.000000526. The summed E-state index contributed by atoms with van der Waals surface area (Å²) in [6.45, 7) is 11.8. The zero-order valence-corrected chi connectivity index (χ0v) is 24.2. The SMILES string of the molecule is CCCN(CCC)C(=O)c1cc(C)cc(C(=O)NCC(O)CCOCC2CCOC2)c1.Cc1cc(F)cc(F)c1. The number of hydrogen-bond acceptors (Lipinski definition) is 5. The Morgan fingerprint density at radius 3 is 2.23 bits per heavy atom. The van der Waals surface area contributed by atoms with E-state index in [9.17, 15) is 23.5 Å². The summed E-state index contributed by atoms with van der Waals surface area (Å²) in [7, 11) is 0. The van der Waals surface area contributed by atoms with Gasteiger partial charge in [0.2, 0.25) is 0 Å². The summed E-state index contributed by atoms with van der Waals surface area (Å²) in [5.41, 5.74) is 2.42. The van der Waals surface area contributed by atoms with Crippen molar-refractivity contribution in [3.8, 4) is 0 Å². The van der Waals surface area contributed by atoms with Crippen LogP contribution in [-0.4, -0.2) is 74.0 Å². The maximum Gasteiger partial charge on any atom is 0.253 e. The van der Waals surface area contributed by atoms with Gasteiger partial charge in [-0.25, -0.2) is 8.78 Å². The molecule has 0 bridgehead atoms. The van der Waals surface area contributed by atoms with Crippen molar-refractivity contribution >= 4 is 11.8 Å². The fraction of sp³-hybridized carbons (Fsp3) is 0.548. The second-order valence-electron chi connectivity index (χ2n) is 10.3. The van der Waals surface area contributed by atoms with Crippen LogP contribution in [0.2, 0.25) is 0 Å². The van der Waals surface area contributed by atoms with Crippen LogP contribution >= 0.6 is 0 Å². The maximum atomic E-state index is 12.9. The van der Waals surface area contributed by atoms with Gasteiger partial charge in [-0.05, 0) is 81.0 Å². The summed E-state index contributed by atoms with van der Waals surface area (Å²) in [4.78, 5) is 27.3. The Bertz CT molecular complexity index is 1020. The van der Waals surface area contributed by atoms with Crippen LogP contribution in [0.4, 0.5) is 8.78 Å². The minimum Gasteiger partial charge on any atom is -0.391 e. The lowest BCUT2D eigenvalue weighted by atomic mass is 10.0. The highest BCUT2D eigenvalue weighted by Crippen LogP contribution is 2.14. The molecule has 2 amide bonds. The number of benzene rings is 2. The van der Waals surface area contributed by atoms with Crippen LogP contribution in [0.25, 0.3) is 0 Å². The zero-order chi connectivity index (χ0) is 29.5. The van der Waals surface area contributed by atoms with E-state index in [1.807, 2.05) is 31.7 Å². The van der Waals surface area contributed by atoms with Gasteiger partial charge in [-0.1, -0.05) is 13.8 Å². The molecule has 0 aliphatic carbocycles. The molecule has 3 rings (SSSR count). The molecule has 1 saturated heterocycles. The van der Waals surface area contributed by atoms with E-state index in [4.69, 9.17) is 9.47 Å². The summed E-state index contributed by atoms with van der Waals surface area (Å²) in [6.07, 6.45) is 2.57. The fourth-order valence-electron chi connectivity index (χ4n) is 4.37. The number of aryl methyl sites for hydroxylation is 2. The molecular weight excluding hydrogens is 518 g/mol. The molecular formula is C31H44F2N2O5. The summed E-state index contributed by atoms with van der Waals surface area (Å²) in [5.74, 6) is -0.940. The first-order valence-electron chi connectivity index (χ1n) is 14.1. The normalized spacial score (nSPS) is 15.2. The average Bonchev–Trinajstić information content (AvgIpc) is 3.42. The number of aliphatic hydroxyl groups is 1. The highest BCUT2D eigenvalue weighted by Gasteiger charge is 2.18. The Kier molecular flexibility index (Phi) is 14.8. The van der Waals surface area contributed by atoms with Crippen molar-refractivity contribution in [2.45, 2.75) is 59.5 Å². The topological polar surface area (TPSA) is 88.1 Å². The lowest BCUT2D eigenvalue weighted by molar-refractivity contribution is 0.0573. The van der Waals surface area contributed by atoms with E-state index in [0.29, 0.717) is 55.3 Å². The van der Waals surface area contributed by atoms with E-state index in [0.717, 1.165) is 44.1 Å². The Morgan fingerprint density at radius 1 is 1.02 bits per heavy atom. The number of carbonyl (C=O) groups excluding carboxylic acids is 2. The van der Waals surface area contributed by atoms with Crippen molar-refractivity contribution in [2.75, 3.05) is 46.1 Å². The molecule has 0 aromatic heterocycles. The highest BCUT2D eigenvalue weighted by molar-refractivity contribution is 6.00. The molecule has 1 aliphatic heterocycles. The molecule has 2 unspecified atom stereocenters. The van der Waals surface area contributed by atoms with Crippen LogP contribution < -0.4 is 5.32 Å². The minimum absolute atomic E-state index is 0.0497. The number of halogens is 2. The number of carbonyl (C=O) groups is 2. The van der Waals surface area contributed by atoms with E-state index in [1.165, 1.54) is 12.1 Å². The van der Waals surface area contributed by atoms with E-state index in [-0.39, 0.29) is 18.4 Å². The predicted octanol–water partition coefficient (Wildman–Crippen LogP) is 5.06. The number of ether oxygens (including phenoxy) is 2. The highest BCUT2D eigenvalue weighted by atomic mass is 19.1. The van der Waals surface area contributed by atoms with Gasteiger partial charge in [0, 0.05) is 56.0 Å². The molecule has 1 aliphatic rings. The van der Waals surface area contributed by atoms with Gasteiger partial charge in [0.25, 0.3) is 11.8 Å². The predicted molar refractivity (Wildman–Crippen MR) is 151 cm³/mol. The smallest absolute Gasteiger partial charge is 0.253 e. The lowest BCUT2D eigenvalue weighted by Crippen LogP contribution is -2.34. The van der Waals surface area contributed by atoms with E-state index in [1.54, 1.807) is 19.1 Å². The van der Waals surface area contributed by atoms with Crippen molar-refractivity contribution in [3.05, 3.63) is 70.3 Å². The summed E-state index contributed by atoms with van der Waals surface area (Å²) >= 11 is 0. The Hall–Kier alpha value is -2.88. The first kappa shape index (κ1) is 33.3. The zero-order valence-electron chi connectivity index (χ0n) is 24.2. The van der Waals surface area contributed by atoms with E-state index in [2.05, 4.69) is 5.32 Å². The van der Waals surface area contributed by atoms with Crippen LogP contribution in [0.15, 0.2) is 36.4 Å². The lowest BCUT2D eigenvalue weighted by Gasteiger charge is -2.22. The second kappa shape index (κ2) is 17.7. The molecule has 1 fully saturated rings. The molecule has 9 heteroatoms. The van der Waals surface area contributed by atoms with Crippen LogP contribution in [0.3, 0.4) is 0 Å². The molecule has 7 nitrogen and oxygen atoms in total. The van der Waals surface area contributed by atoms with Gasteiger partial charge >= 0.3 is 0 Å². The number of aliphatic hydroxyl groups excluding tert-OH is 1. The quantitative estimate of drug-likeness (QED) is 0.333. The number of rotatable bonds is 13. The van der Waals surface area contributed by atoms with Gasteiger partial charge in [-0.3, -0.25) is 9.59 Å². The largest absolute Gasteiger partial charge is 0.391 e. The summed E-state index contributed by atoms with van der Waals surface area (Å²) in [5, 5.41) is 12.9. The Labute approximate surface area is 236 Å². The van der Waals surface area contributed by atoms with Crippen molar-refractivity contribution < 1.29 is 33.0 Å². The van der Waals surface area contributed by atoms with Gasteiger partial charge in [0.05, 0.1) is 19.3 Å². The van der Waals surface area contributed by atoms with Crippen molar-refractivity contribution in [2.24, 2.45) is 5.92 Å². The third-order valence-corrected chi connectivity index (χ3v) is 6.34. The molecule has 2 aromatic carbocycles. The molecule has 222 valence electrons. The van der Waals surface area contributed by atoms with Gasteiger partial charge in [-0.15, -0.1) is 0 Å². The molecule has 2 aromatic rings. The number of amides is 2. The first-order valence-corrected chi connectivity index (χ1v) is 14.1. The molecule has 0 radical (unpaired) electrons. The van der Waals surface area contributed by atoms with Crippen molar-refractivity contribution in [1.82, 2.24) is 10.2 Å². The summed E-state index contributed by atoms with van der Waals surface area (Å²) in [6, 6.07) is 8.63. The van der Waals surface area contributed by atoms with E-state index >= 15 is 0 Å². The first-order chi connectivity index (χ1) is 19.1. The Morgan fingerprint density at radius 2 is 1.65 bits per heavy atom. The monoisotopic (exact) mass is 562 g/mol. The van der Waals surface area contributed by atoms with Crippen molar-refractivity contribution in [3.63, 3.8) is 0 Å².